The molecule has 1 amide bonds. The molecule has 0 aliphatic carbocycles. The summed E-state index contributed by atoms with van der Waals surface area (Å²) in [5.74, 6) is 0.558. The number of likely N-dealkylation sites (tertiary alicyclic amines) is 1. The Morgan fingerprint density at radius 3 is 2.78 bits per heavy atom. The Morgan fingerprint density at radius 1 is 1.39 bits per heavy atom. The van der Waals surface area contributed by atoms with Crippen LogP contribution in [0.4, 0.5) is 0 Å². The minimum Gasteiger partial charge on any atom is -0.484 e. The molecule has 1 aromatic carbocycles. The SMILES string of the molecule is COCCC1(CO)CCCN(C(=O)COc2ccc(Cl)cc2)C1. The summed E-state index contributed by atoms with van der Waals surface area (Å²) in [6.45, 7) is 1.91. The van der Waals surface area contributed by atoms with E-state index in [0.29, 0.717) is 30.5 Å². The van der Waals surface area contributed by atoms with Crippen LogP contribution in [0.3, 0.4) is 0 Å². The molecule has 1 atom stereocenters. The van der Waals surface area contributed by atoms with E-state index >= 15 is 0 Å². The molecule has 2 rings (SSSR count). The number of nitrogens with zero attached hydrogens (tertiary/aromatic N) is 1. The van der Waals surface area contributed by atoms with Crippen LogP contribution in [0.15, 0.2) is 24.3 Å². The van der Waals surface area contributed by atoms with Crippen molar-refractivity contribution in [2.24, 2.45) is 5.41 Å². The fraction of sp³-hybridized carbons (Fsp3) is 0.588. The number of rotatable bonds is 7. The third-order valence-electron chi connectivity index (χ3n) is 4.36. The fourth-order valence-electron chi connectivity index (χ4n) is 2.92. The number of aliphatic hydroxyl groups excluding tert-OH is 1. The van der Waals surface area contributed by atoms with Crippen LogP contribution < -0.4 is 4.74 Å². The van der Waals surface area contributed by atoms with Crippen molar-refractivity contribution < 1.29 is 19.4 Å². The van der Waals surface area contributed by atoms with Crippen LogP contribution in [0.25, 0.3) is 0 Å². The van der Waals surface area contributed by atoms with Crippen LogP contribution >= 0.6 is 11.6 Å². The lowest BCUT2D eigenvalue weighted by Gasteiger charge is -2.41. The Morgan fingerprint density at radius 2 is 2.13 bits per heavy atom. The maximum absolute atomic E-state index is 12.4. The molecule has 1 aliphatic heterocycles. The normalized spacial score (nSPS) is 21.3. The van der Waals surface area contributed by atoms with Crippen molar-refractivity contribution >= 4 is 17.5 Å². The molecule has 128 valence electrons. The van der Waals surface area contributed by atoms with Crippen molar-refractivity contribution in [1.29, 1.82) is 0 Å². The molecule has 6 heteroatoms. The van der Waals surface area contributed by atoms with E-state index in [1.807, 2.05) is 0 Å². The third kappa shape index (κ3) is 5.09. The first-order valence-electron chi connectivity index (χ1n) is 7.84. The molecule has 0 radical (unpaired) electrons. The molecule has 1 N–H and O–H groups in total. The van der Waals surface area contributed by atoms with Crippen LogP contribution in [0.5, 0.6) is 5.75 Å². The Hall–Kier alpha value is -1.30. The molecule has 1 fully saturated rings. The highest BCUT2D eigenvalue weighted by atomic mass is 35.5. The number of benzene rings is 1. The van der Waals surface area contributed by atoms with E-state index in [1.54, 1.807) is 36.3 Å². The molecule has 1 heterocycles. The lowest BCUT2D eigenvalue weighted by Crippen LogP contribution is -2.49. The average molecular weight is 342 g/mol. The van der Waals surface area contributed by atoms with Gasteiger partial charge in [0.1, 0.15) is 5.75 Å². The van der Waals surface area contributed by atoms with E-state index in [9.17, 15) is 9.90 Å². The van der Waals surface area contributed by atoms with Gasteiger partial charge in [0, 0.05) is 37.2 Å². The fourth-order valence-corrected chi connectivity index (χ4v) is 3.04. The number of hydrogen-bond acceptors (Lipinski definition) is 4. The van der Waals surface area contributed by atoms with Crippen molar-refractivity contribution in [3.63, 3.8) is 0 Å². The number of carbonyl (C=O) groups is 1. The molecule has 0 saturated carbocycles. The van der Waals surface area contributed by atoms with Gasteiger partial charge in [0.25, 0.3) is 5.91 Å². The molecule has 23 heavy (non-hydrogen) atoms. The van der Waals surface area contributed by atoms with Crippen LogP contribution in [0, 0.1) is 5.41 Å². The van der Waals surface area contributed by atoms with Gasteiger partial charge in [0.15, 0.2) is 6.61 Å². The molecule has 0 bridgehead atoms. The van der Waals surface area contributed by atoms with Crippen LogP contribution in [-0.4, -0.2) is 55.9 Å². The number of halogens is 1. The van der Waals surface area contributed by atoms with Gasteiger partial charge in [0.2, 0.25) is 0 Å². The largest absolute Gasteiger partial charge is 0.484 e. The number of ether oxygens (including phenoxy) is 2. The zero-order valence-corrected chi connectivity index (χ0v) is 14.2. The van der Waals surface area contributed by atoms with Gasteiger partial charge in [-0.2, -0.15) is 0 Å². The maximum Gasteiger partial charge on any atom is 0.260 e. The van der Waals surface area contributed by atoms with Crippen molar-refractivity contribution in [3.05, 3.63) is 29.3 Å². The summed E-state index contributed by atoms with van der Waals surface area (Å²) in [6.07, 6.45) is 2.55. The second-order valence-electron chi connectivity index (χ2n) is 6.06. The van der Waals surface area contributed by atoms with Crippen LogP contribution in [-0.2, 0) is 9.53 Å². The number of aliphatic hydroxyl groups is 1. The molecule has 1 unspecified atom stereocenters. The average Bonchev–Trinajstić information content (AvgIpc) is 2.59. The monoisotopic (exact) mass is 341 g/mol. The molecular weight excluding hydrogens is 318 g/mol. The first-order valence-corrected chi connectivity index (χ1v) is 8.22. The summed E-state index contributed by atoms with van der Waals surface area (Å²) < 4.78 is 10.7. The van der Waals surface area contributed by atoms with Crippen LogP contribution in [0.1, 0.15) is 19.3 Å². The minimum absolute atomic E-state index is 0.00653. The standard InChI is InChI=1S/C17H24ClNO4/c1-22-10-8-17(13-20)7-2-9-19(12-17)16(21)11-23-15-5-3-14(18)4-6-15/h3-6,20H,2,7-13H2,1H3. The summed E-state index contributed by atoms with van der Waals surface area (Å²) in [5.41, 5.74) is -0.260. The Bertz CT molecular complexity index is 508. The Balaban J connectivity index is 1.89. The van der Waals surface area contributed by atoms with E-state index in [0.717, 1.165) is 19.3 Å². The van der Waals surface area contributed by atoms with Crippen molar-refractivity contribution in [1.82, 2.24) is 4.90 Å². The Labute approximate surface area is 142 Å². The first-order chi connectivity index (χ1) is 11.1. The Kier molecular flexibility index (Phi) is 6.69. The van der Waals surface area contributed by atoms with Gasteiger partial charge >= 0.3 is 0 Å². The van der Waals surface area contributed by atoms with E-state index < -0.39 is 0 Å². The van der Waals surface area contributed by atoms with Gasteiger partial charge < -0.3 is 19.5 Å². The van der Waals surface area contributed by atoms with Gasteiger partial charge in [-0.05, 0) is 43.5 Å². The van der Waals surface area contributed by atoms with E-state index in [1.165, 1.54) is 0 Å². The number of carbonyl (C=O) groups excluding carboxylic acids is 1. The van der Waals surface area contributed by atoms with Crippen molar-refractivity contribution in [2.75, 3.05) is 40.0 Å². The third-order valence-corrected chi connectivity index (χ3v) is 4.61. The molecule has 1 saturated heterocycles. The number of amides is 1. The summed E-state index contributed by atoms with van der Waals surface area (Å²) >= 11 is 5.82. The van der Waals surface area contributed by atoms with Gasteiger partial charge in [-0.25, -0.2) is 0 Å². The predicted octanol–water partition coefficient (Wildman–Crippen LogP) is 2.36. The molecule has 5 nitrogen and oxygen atoms in total. The quantitative estimate of drug-likeness (QED) is 0.827. The van der Waals surface area contributed by atoms with Gasteiger partial charge in [-0.1, -0.05) is 11.6 Å². The highest BCUT2D eigenvalue weighted by Gasteiger charge is 2.36. The summed E-state index contributed by atoms with van der Waals surface area (Å²) in [5, 5.41) is 10.4. The van der Waals surface area contributed by atoms with Crippen molar-refractivity contribution in [3.8, 4) is 5.75 Å². The van der Waals surface area contributed by atoms with Gasteiger partial charge in [-0.3, -0.25) is 4.79 Å². The second-order valence-corrected chi connectivity index (χ2v) is 6.50. The predicted molar refractivity (Wildman–Crippen MR) is 88.8 cm³/mol. The summed E-state index contributed by atoms with van der Waals surface area (Å²) in [6, 6.07) is 6.93. The molecule has 1 aromatic rings. The minimum atomic E-state index is -0.260. The second kappa shape index (κ2) is 8.52. The van der Waals surface area contributed by atoms with Gasteiger partial charge in [-0.15, -0.1) is 0 Å². The van der Waals surface area contributed by atoms with E-state index in [2.05, 4.69) is 0 Å². The smallest absolute Gasteiger partial charge is 0.260 e. The van der Waals surface area contributed by atoms with Crippen molar-refractivity contribution in [2.45, 2.75) is 19.3 Å². The summed E-state index contributed by atoms with van der Waals surface area (Å²) in [7, 11) is 1.65. The lowest BCUT2D eigenvalue weighted by atomic mass is 9.78. The maximum atomic E-state index is 12.4. The first kappa shape index (κ1) is 18.0. The number of methoxy groups -OCH3 is 1. The molecule has 0 aromatic heterocycles. The lowest BCUT2D eigenvalue weighted by molar-refractivity contribution is -0.138. The molecular formula is C17H24ClNO4. The molecule has 1 aliphatic rings. The highest BCUT2D eigenvalue weighted by molar-refractivity contribution is 6.30. The van der Waals surface area contributed by atoms with Crippen LogP contribution in [0.2, 0.25) is 5.02 Å². The van der Waals surface area contributed by atoms with Gasteiger partial charge in [0.05, 0.1) is 6.61 Å². The zero-order chi connectivity index (χ0) is 16.7. The number of piperidine rings is 1. The number of hydrogen-bond donors (Lipinski definition) is 1. The zero-order valence-electron chi connectivity index (χ0n) is 13.5. The topological polar surface area (TPSA) is 59.0 Å². The molecule has 0 spiro atoms. The highest BCUT2D eigenvalue weighted by Crippen LogP contribution is 2.33. The summed E-state index contributed by atoms with van der Waals surface area (Å²) in [4.78, 5) is 14.2. The van der Waals surface area contributed by atoms with E-state index in [4.69, 9.17) is 21.1 Å². The van der Waals surface area contributed by atoms with E-state index in [-0.39, 0.29) is 24.5 Å².